The molecule has 0 aliphatic carbocycles. The molecule has 8 heteroatoms. The molecule has 1 unspecified atom stereocenters. The minimum Gasteiger partial charge on any atom is -0.480 e. The number of rotatable bonds is 7. The fourth-order valence-electron chi connectivity index (χ4n) is 2.43. The molecule has 2 aromatic rings. The highest BCUT2D eigenvalue weighted by Crippen LogP contribution is 2.22. The van der Waals surface area contributed by atoms with E-state index in [9.17, 15) is 18.0 Å². The average molecular weight is 390 g/mol. The Bertz CT molecular complexity index is 953. The maximum Gasteiger partial charge on any atom is 0.326 e. The molecule has 144 valence electrons. The van der Waals surface area contributed by atoms with Crippen LogP contribution in [0.3, 0.4) is 0 Å². The van der Waals surface area contributed by atoms with Crippen LogP contribution in [0.25, 0.3) is 0 Å². The van der Waals surface area contributed by atoms with E-state index in [1.54, 1.807) is 19.1 Å². The fourth-order valence-corrected chi connectivity index (χ4v) is 3.55. The number of nitrogens with one attached hydrogen (secondary N) is 2. The lowest BCUT2D eigenvalue weighted by molar-refractivity contribution is -0.139. The van der Waals surface area contributed by atoms with E-state index in [4.69, 9.17) is 5.11 Å². The number of carbonyl (C=O) groups is 2. The zero-order valence-electron chi connectivity index (χ0n) is 15.3. The lowest BCUT2D eigenvalue weighted by Crippen LogP contribution is -2.40. The minimum absolute atomic E-state index is 0.00484. The molecule has 3 N–H and O–H groups in total. The average Bonchev–Trinajstić information content (AvgIpc) is 2.63. The second-order valence-electron chi connectivity index (χ2n) is 6.15. The van der Waals surface area contributed by atoms with Crippen molar-refractivity contribution in [2.75, 3.05) is 4.72 Å². The first kappa shape index (κ1) is 20.4. The SMILES string of the molecule is CCC(NC(=O)c1ccc(S(=O)(=O)Nc2cccc(C)c2C)cc1)C(=O)O. The smallest absolute Gasteiger partial charge is 0.326 e. The fraction of sp³-hybridized carbons (Fsp3) is 0.263. The first-order valence-corrected chi connectivity index (χ1v) is 9.86. The number of amides is 1. The Morgan fingerprint density at radius 3 is 2.26 bits per heavy atom. The van der Waals surface area contributed by atoms with Crippen molar-refractivity contribution in [1.82, 2.24) is 5.32 Å². The second kappa shape index (κ2) is 8.22. The molecule has 0 bridgehead atoms. The van der Waals surface area contributed by atoms with Crippen molar-refractivity contribution in [2.24, 2.45) is 0 Å². The predicted molar refractivity (Wildman–Crippen MR) is 102 cm³/mol. The minimum atomic E-state index is -3.81. The topological polar surface area (TPSA) is 113 Å². The number of anilines is 1. The van der Waals surface area contributed by atoms with Crippen LogP contribution in [0.2, 0.25) is 0 Å². The summed E-state index contributed by atoms with van der Waals surface area (Å²) >= 11 is 0. The van der Waals surface area contributed by atoms with Gasteiger partial charge in [0.25, 0.3) is 15.9 Å². The third-order valence-corrected chi connectivity index (χ3v) is 5.67. The quantitative estimate of drug-likeness (QED) is 0.673. The molecule has 0 saturated heterocycles. The van der Waals surface area contributed by atoms with Crippen molar-refractivity contribution in [2.45, 2.75) is 38.1 Å². The van der Waals surface area contributed by atoms with Gasteiger partial charge in [-0.2, -0.15) is 0 Å². The molecule has 0 fully saturated rings. The highest BCUT2D eigenvalue weighted by Gasteiger charge is 2.20. The van der Waals surface area contributed by atoms with Gasteiger partial charge >= 0.3 is 5.97 Å². The van der Waals surface area contributed by atoms with Gasteiger partial charge in [0.1, 0.15) is 6.04 Å². The highest BCUT2D eigenvalue weighted by molar-refractivity contribution is 7.92. The normalized spacial score (nSPS) is 12.3. The number of sulfonamides is 1. The van der Waals surface area contributed by atoms with Crippen LogP contribution in [0.1, 0.15) is 34.8 Å². The van der Waals surface area contributed by atoms with E-state index in [2.05, 4.69) is 10.0 Å². The summed E-state index contributed by atoms with van der Waals surface area (Å²) in [4.78, 5) is 23.1. The van der Waals surface area contributed by atoms with E-state index in [0.29, 0.717) is 5.69 Å². The van der Waals surface area contributed by atoms with Crippen LogP contribution in [0.5, 0.6) is 0 Å². The molecule has 0 aliphatic rings. The third-order valence-electron chi connectivity index (χ3n) is 4.29. The number of carboxylic acids is 1. The molecule has 0 aliphatic heterocycles. The molecule has 2 rings (SSSR count). The molecule has 0 heterocycles. The van der Waals surface area contributed by atoms with Crippen LogP contribution in [0.15, 0.2) is 47.4 Å². The second-order valence-corrected chi connectivity index (χ2v) is 7.83. The number of benzene rings is 2. The Balaban J connectivity index is 2.19. The predicted octanol–water partition coefficient (Wildman–Crippen LogP) is 2.70. The Kier molecular flexibility index (Phi) is 6.22. The number of carbonyl (C=O) groups excluding carboxylic acids is 1. The summed E-state index contributed by atoms with van der Waals surface area (Å²) in [5.74, 6) is -1.70. The van der Waals surface area contributed by atoms with E-state index in [1.165, 1.54) is 24.3 Å². The highest BCUT2D eigenvalue weighted by atomic mass is 32.2. The summed E-state index contributed by atoms with van der Waals surface area (Å²) in [5, 5.41) is 11.4. The molecule has 1 atom stereocenters. The number of carboxylic acid groups (broad SMARTS) is 1. The van der Waals surface area contributed by atoms with Crippen LogP contribution in [0.4, 0.5) is 5.69 Å². The van der Waals surface area contributed by atoms with Crippen LogP contribution in [-0.2, 0) is 14.8 Å². The maximum atomic E-state index is 12.6. The van der Waals surface area contributed by atoms with Crippen molar-refractivity contribution in [3.05, 3.63) is 59.2 Å². The summed E-state index contributed by atoms with van der Waals surface area (Å²) in [6.07, 6.45) is 0.243. The lowest BCUT2D eigenvalue weighted by Gasteiger charge is -2.14. The van der Waals surface area contributed by atoms with Gasteiger partial charge in [0.15, 0.2) is 0 Å². The van der Waals surface area contributed by atoms with Gasteiger partial charge in [-0.3, -0.25) is 9.52 Å². The maximum absolute atomic E-state index is 12.6. The van der Waals surface area contributed by atoms with E-state index < -0.39 is 27.9 Å². The zero-order valence-corrected chi connectivity index (χ0v) is 16.1. The van der Waals surface area contributed by atoms with Gasteiger partial charge in [-0.25, -0.2) is 13.2 Å². The molecule has 27 heavy (non-hydrogen) atoms. The Labute approximate surface area is 158 Å². The molecule has 0 radical (unpaired) electrons. The molecule has 0 aromatic heterocycles. The van der Waals surface area contributed by atoms with Crippen molar-refractivity contribution in [3.63, 3.8) is 0 Å². The Morgan fingerprint density at radius 2 is 1.70 bits per heavy atom. The van der Waals surface area contributed by atoms with Gasteiger partial charge in [0.2, 0.25) is 0 Å². The van der Waals surface area contributed by atoms with Crippen molar-refractivity contribution in [3.8, 4) is 0 Å². The lowest BCUT2D eigenvalue weighted by atomic mass is 10.1. The van der Waals surface area contributed by atoms with Crippen molar-refractivity contribution in [1.29, 1.82) is 0 Å². The van der Waals surface area contributed by atoms with Gasteiger partial charge in [0, 0.05) is 5.56 Å². The summed E-state index contributed by atoms with van der Waals surface area (Å²) < 4.78 is 27.7. The molecule has 1 amide bonds. The first-order chi connectivity index (χ1) is 12.7. The zero-order chi connectivity index (χ0) is 20.2. The van der Waals surface area contributed by atoms with Crippen LogP contribution >= 0.6 is 0 Å². The molecular weight excluding hydrogens is 368 g/mol. The molecular formula is C19H22N2O5S. The number of hydrogen-bond acceptors (Lipinski definition) is 4. The van der Waals surface area contributed by atoms with Crippen molar-refractivity contribution < 1.29 is 23.1 Å². The number of hydrogen-bond donors (Lipinski definition) is 3. The van der Waals surface area contributed by atoms with Gasteiger partial charge in [-0.05, 0) is 61.7 Å². The van der Waals surface area contributed by atoms with Crippen LogP contribution in [-0.4, -0.2) is 31.4 Å². The summed E-state index contributed by atoms with van der Waals surface area (Å²) in [7, 11) is -3.81. The monoisotopic (exact) mass is 390 g/mol. The number of aryl methyl sites for hydroxylation is 1. The largest absolute Gasteiger partial charge is 0.480 e. The summed E-state index contributed by atoms with van der Waals surface area (Å²) in [6.45, 7) is 5.36. The van der Waals surface area contributed by atoms with Crippen molar-refractivity contribution >= 4 is 27.6 Å². The first-order valence-electron chi connectivity index (χ1n) is 8.38. The summed E-state index contributed by atoms with van der Waals surface area (Å²) in [5.41, 5.74) is 2.46. The van der Waals surface area contributed by atoms with Gasteiger partial charge in [-0.15, -0.1) is 0 Å². The third kappa shape index (κ3) is 4.85. The molecule has 7 nitrogen and oxygen atoms in total. The standard InChI is InChI=1S/C19H22N2O5S/c1-4-16(19(23)24)20-18(22)14-8-10-15(11-9-14)27(25,26)21-17-7-5-6-12(2)13(17)3/h5-11,16,21H,4H2,1-3H3,(H,20,22)(H,23,24). The Hall–Kier alpha value is -2.87. The van der Waals surface area contributed by atoms with Crippen LogP contribution < -0.4 is 10.0 Å². The van der Waals surface area contributed by atoms with Gasteiger partial charge in [-0.1, -0.05) is 19.1 Å². The van der Waals surface area contributed by atoms with Crippen LogP contribution in [0, 0.1) is 13.8 Å². The molecule has 2 aromatic carbocycles. The Morgan fingerprint density at radius 1 is 1.07 bits per heavy atom. The van der Waals surface area contributed by atoms with E-state index in [-0.39, 0.29) is 16.9 Å². The van der Waals surface area contributed by atoms with E-state index >= 15 is 0 Å². The van der Waals surface area contributed by atoms with E-state index in [0.717, 1.165) is 11.1 Å². The summed E-state index contributed by atoms with van der Waals surface area (Å²) in [6, 6.07) is 9.66. The molecule has 0 saturated carbocycles. The number of aliphatic carboxylic acids is 1. The van der Waals surface area contributed by atoms with Gasteiger partial charge < -0.3 is 10.4 Å². The van der Waals surface area contributed by atoms with Gasteiger partial charge in [0.05, 0.1) is 10.6 Å². The molecule has 0 spiro atoms. The van der Waals surface area contributed by atoms with E-state index in [1.807, 2.05) is 19.9 Å².